The molecule has 0 saturated heterocycles. The number of rotatable bonds is 37. The van der Waals surface area contributed by atoms with E-state index in [2.05, 4.69) is 50.3 Å². The van der Waals surface area contributed by atoms with Gasteiger partial charge in [-0.05, 0) is 44.9 Å². The Labute approximate surface area is 319 Å². The Morgan fingerprint density at radius 2 is 1.10 bits per heavy atom. The zero-order chi connectivity index (χ0) is 38.6. The van der Waals surface area contributed by atoms with Crippen LogP contribution in [0.15, 0.2) is 36.5 Å². The summed E-state index contributed by atoms with van der Waals surface area (Å²) in [6.07, 6.45) is 37.6. The lowest BCUT2D eigenvalue weighted by Gasteiger charge is -2.24. The van der Waals surface area contributed by atoms with Gasteiger partial charge in [0.25, 0.3) is 0 Å². The van der Waals surface area contributed by atoms with Crippen LogP contribution in [-0.4, -0.2) is 74.9 Å². The molecule has 2 atom stereocenters. The van der Waals surface area contributed by atoms with Gasteiger partial charge in [0, 0.05) is 12.8 Å². The second-order valence-electron chi connectivity index (χ2n) is 15.0. The van der Waals surface area contributed by atoms with Crippen molar-refractivity contribution in [3.8, 4) is 0 Å². The highest BCUT2D eigenvalue weighted by molar-refractivity contribution is 7.47. The third kappa shape index (κ3) is 38.0. The zero-order valence-electron chi connectivity index (χ0n) is 34.0. The maximum Gasteiger partial charge on any atom is 0.472 e. The van der Waals surface area contributed by atoms with Crippen LogP contribution in [0.1, 0.15) is 168 Å². The van der Waals surface area contributed by atoms with Crippen LogP contribution in [-0.2, 0) is 32.7 Å². The molecule has 0 aliphatic rings. The van der Waals surface area contributed by atoms with E-state index in [0.717, 1.165) is 70.6 Å². The van der Waals surface area contributed by atoms with Gasteiger partial charge in [-0.2, -0.15) is 0 Å². The average Bonchev–Trinajstić information content (AvgIpc) is 3.09. The van der Waals surface area contributed by atoms with E-state index in [1.165, 1.54) is 64.2 Å². The number of ether oxygens (including phenoxy) is 2. The Balaban J connectivity index is 4.41. The maximum atomic E-state index is 12.6. The van der Waals surface area contributed by atoms with Gasteiger partial charge >= 0.3 is 19.8 Å². The van der Waals surface area contributed by atoms with Gasteiger partial charge < -0.3 is 18.9 Å². The summed E-state index contributed by atoms with van der Waals surface area (Å²) in [7, 11) is 1.47. The monoisotopic (exact) mass is 757 g/mol. The van der Waals surface area contributed by atoms with E-state index in [0.29, 0.717) is 17.4 Å². The molecule has 2 unspecified atom stereocenters. The van der Waals surface area contributed by atoms with Crippen LogP contribution in [0.3, 0.4) is 0 Å². The fraction of sp³-hybridized carbons (Fsp3) is 0.810. The normalized spacial score (nSPS) is 14.0. The number of likely N-dealkylation sites (N-methyl/N-ethyl adjacent to an activating group) is 1. The molecule has 0 spiro atoms. The van der Waals surface area contributed by atoms with Gasteiger partial charge in [-0.15, -0.1) is 0 Å². The van der Waals surface area contributed by atoms with Crippen molar-refractivity contribution >= 4 is 19.8 Å². The molecule has 0 bridgehead atoms. The lowest BCUT2D eigenvalue weighted by molar-refractivity contribution is -0.870. The minimum absolute atomic E-state index is 0.0293. The van der Waals surface area contributed by atoms with E-state index in [-0.39, 0.29) is 32.0 Å². The first-order valence-corrected chi connectivity index (χ1v) is 22.2. The summed E-state index contributed by atoms with van der Waals surface area (Å²) in [5, 5.41) is 0. The minimum Gasteiger partial charge on any atom is -0.462 e. The highest BCUT2D eigenvalue weighted by atomic mass is 31.2. The first-order valence-electron chi connectivity index (χ1n) is 20.7. The molecule has 0 aromatic carbocycles. The summed E-state index contributed by atoms with van der Waals surface area (Å²) in [6.45, 7) is 4.28. The summed E-state index contributed by atoms with van der Waals surface area (Å²) >= 11 is 0. The first-order chi connectivity index (χ1) is 25.0. The lowest BCUT2D eigenvalue weighted by atomic mass is 10.0. The third-order valence-electron chi connectivity index (χ3n) is 8.68. The maximum absolute atomic E-state index is 12.6. The highest BCUT2D eigenvalue weighted by Crippen LogP contribution is 2.43. The van der Waals surface area contributed by atoms with E-state index >= 15 is 0 Å². The summed E-state index contributed by atoms with van der Waals surface area (Å²) < 4.78 is 34.2. The molecule has 1 N–H and O–H groups in total. The van der Waals surface area contributed by atoms with Gasteiger partial charge in [-0.25, -0.2) is 4.57 Å². The highest BCUT2D eigenvalue weighted by Gasteiger charge is 2.27. The molecule has 10 heteroatoms. The number of phosphoric acid groups is 1. The molecule has 0 fully saturated rings. The fourth-order valence-electron chi connectivity index (χ4n) is 5.44. The summed E-state index contributed by atoms with van der Waals surface area (Å²) in [5.41, 5.74) is 0. The Hall–Kier alpha value is -1.77. The largest absolute Gasteiger partial charge is 0.472 e. The Kier molecular flexibility index (Phi) is 33.8. The number of carbonyl (C=O) groups is 2. The van der Waals surface area contributed by atoms with Crippen LogP contribution in [0.4, 0.5) is 0 Å². The van der Waals surface area contributed by atoms with Crippen LogP contribution in [0.5, 0.6) is 0 Å². The number of hydrogen-bond acceptors (Lipinski definition) is 7. The van der Waals surface area contributed by atoms with E-state index in [4.69, 9.17) is 18.5 Å². The van der Waals surface area contributed by atoms with Crippen molar-refractivity contribution in [1.29, 1.82) is 0 Å². The van der Waals surface area contributed by atoms with Crippen molar-refractivity contribution in [1.82, 2.24) is 0 Å². The second-order valence-corrected chi connectivity index (χ2v) is 16.5. The summed E-state index contributed by atoms with van der Waals surface area (Å²) in [5.74, 6) is -0.817. The molecule has 0 aromatic rings. The molecule has 0 amide bonds. The van der Waals surface area contributed by atoms with Crippen LogP contribution < -0.4 is 0 Å². The van der Waals surface area contributed by atoms with Crippen molar-refractivity contribution < 1.29 is 42.1 Å². The molecule has 0 aliphatic heterocycles. The number of unbranched alkanes of at least 4 members (excludes halogenated alkanes) is 17. The van der Waals surface area contributed by atoms with Gasteiger partial charge in [-0.1, -0.05) is 147 Å². The van der Waals surface area contributed by atoms with Crippen LogP contribution in [0.25, 0.3) is 0 Å². The summed E-state index contributed by atoms with van der Waals surface area (Å²) in [4.78, 5) is 35.3. The van der Waals surface area contributed by atoms with Gasteiger partial charge in [0.1, 0.15) is 19.8 Å². The number of hydrogen-bond donors (Lipinski definition) is 1. The molecular weight excluding hydrogens is 677 g/mol. The smallest absolute Gasteiger partial charge is 0.462 e. The number of quaternary nitrogens is 1. The van der Waals surface area contributed by atoms with Gasteiger partial charge in [0.05, 0.1) is 27.7 Å². The molecule has 0 rings (SSSR count). The number of carbonyl (C=O) groups excluding carboxylic acids is 2. The van der Waals surface area contributed by atoms with E-state index in [9.17, 15) is 19.0 Å². The lowest BCUT2D eigenvalue weighted by Crippen LogP contribution is -2.37. The second kappa shape index (κ2) is 35.0. The van der Waals surface area contributed by atoms with Crippen LogP contribution in [0.2, 0.25) is 0 Å². The van der Waals surface area contributed by atoms with Gasteiger partial charge in [0.15, 0.2) is 6.10 Å². The fourth-order valence-corrected chi connectivity index (χ4v) is 6.18. The van der Waals surface area contributed by atoms with Crippen LogP contribution in [0, 0.1) is 0 Å². The molecule has 0 heterocycles. The van der Waals surface area contributed by atoms with Crippen molar-refractivity contribution in [2.24, 2.45) is 0 Å². The molecule has 0 saturated carbocycles. The van der Waals surface area contributed by atoms with Gasteiger partial charge in [0.2, 0.25) is 0 Å². The number of esters is 2. The van der Waals surface area contributed by atoms with Crippen molar-refractivity contribution in [2.75, 3.05) is 47.5 Å². The SMILES string of the molecule is CCC=CCC=CCC=CCCCCCCCC(=O)OCC(COP(=O)(O)OCC[N+](C)(C)C)OC(=O)CCCCCCCCCCCCCCC. The average molecular weight is 757 g/mol. The predicted molar refractivity (Wildman–Crippen MR) is 215 cm³/mol. The molecule has 304 valence electrons. The quantitative estimate of drug-likeness (QED) is 0.0219. The van der Waals surface area contributed by atoms with E-state index in [1.807, 2.05) is 21.1 Å². The van der Waals surface area contributed by atoms with Crippen molar-refractivity contribution in [3.63, 3.8) is 0 Å². The molecule has 0 aliphatic carbocycles. The predicted octanol–water partition coefficient (Wildman–Crippen LogP) is 11.4. The molecule has 52 heavy (non-hydrogen) atoms. The first kappa shape index (κ1) is 50.2. The molecule has 9 nitrogen and oxygen atoms in total. The van der Waals surface area contributed by atoms with Gasteiger partial charge in [-0.3, -0.25) is 18.6 Å². The van der Waals surface area contributed by atoms with Crippen molar-refractivity contribution in [3.05, 3.63) is 36.5 Å². The minimum atomic E-state index is -4.37. The Bertz CT molecular complexity index is 991. The topological polar surface area (TPSA) is 108 Å². The number of nitrogens with zero attached hydrogens (tertiary/aromatic N) is 1. The van der Waals surface area contributed by atoms with Crippen LogP contribution >= 0.6 is 7.82 Å². The molecule has 0 aromatic heterocycles. The number of allylic oxidation sites excluding steroid dienone is 6. The van der Waals surface area contributed by atoms with Crippen molar-refractivity contribution in [2.45, 2.75) is 174 Å². The standard InChI is InChI=1S/C42H78NO8P/c1-6-8-10-12-14-16-18-20-21-23-24-26-28-30-32-34-41(44)48-38-40(39-50-52(46,47)49-37-36-43(3,4)5)51-42(45)35-33-31-29-27-25-22-19-17-15-13-11-9-7-2/h8,10,14,16,20-21,40H,6-7,9,11-13,15,17-19,22-39H2,1-5H3/p+1. The number of phosphoric ester groups is 1. The Morgan fingerprint density at radius 1 is 0.615 bits per heavy atom. The third-order valence-corrected chi connectivity index (χ3v) is 9.67. The Morgan fingerprint density at radius 3 is 1.63 bits per heavy atom. The van der Waals surface area contributed by atoms with E-state index < -0.39 is 26.5 Å². The molecule has 0 radical (unpaired) electrons. The zero-order valence-corrected chi connectivity index (χ0v) is 34.9. The summed E-state index contributed by atoms with van der Waals surface area (Å²) in [6, 6.07) is 0. The molecular formula is C42H79NO8P+. The van der Waals surface area contributed by atoms with E-state index in [1.54, 1.807) is 0 Å².